The third kappa shape index (κ3) is 3.42. The van der Waals surface area contributed by atoms with Crippen molar-refractivity contribution in [2.75, 3.05) is 11.4 Å². The minimum Gasteiger partial charge on any atom is -0.445 e. The van der Waals surface area contributed by atoms with Crippen molar-refractivity contribution in [2.24, 2.45) is 0 Å². The van der Waals surface area contributed by atoms with Crippen LogP contribution in [0.5, 0.6) is 0 Å². The molecule has 2 unspecified atom stereocenters. The maximum absolute atomic E-state index is 13.3. The van der Waals surface area contributed by atoms with Gasteiger partial charge in [-0.1, -0.05) is 48.5 Å². The Bertz CT molecular complexity index is 836. The average molecular weight is 364 g/mol. The molecule has 2 amide bonds. The van der Waals surface area contributed by atoms with Crippen LogP contribution in [0.2, 0.25) is 0 Å². The van der Waals surface area contributed by atoms with Gasteiger partial charge in [-0.05, 0) is 43.4 Å². The van der Waals surface area contributed by atoms with Crippen molar-refractivity contribution >= 4 is 17.7 Å². The normalized spacial score (nSPS) is 21.2. The van der Waals surface area contributed by atoms with Gasteiger partial charge in [0.25, 0.3) is 0 Å². The molecular formula is C22H24N2O3. The van der Waals surface area contributed by atoms with Gasteiger partial charge in [-0.2, -0.15) is 0 Å². The van der Waals surface area contributed by atoms with Gasteiger partial charge < -0.3 is 9.64 Å². The first-order valence-electron chi connectivity index (χ1n) is 9.53. The Morgan fingerprint density at radius 1 is 1.07 bits per heavy atom. The van der Waals surface area contributed by atoms with E-state index in [1.165, 1.54) is 5.56 Å². The van der Waals surface area contributed by atoms with Crippen molar-refractivity contribution in [3.63, 3.8) is 0 Å². The summed E-state index contributed by atoms with van der Waals surface area (Å²) < 4.78 is 5.47. The summed E-state index contributed by atoms with van der Waals surface area (Å²) in [5.74, 6) is 0.00149. The summed E-state index contributed by atoms with van der Waals surface area (Å²) in [6.07, 6.45) is 1.95. The van der Waals surface area contributed by atoms with Crippen LogP contribution in [0.1, 0.15) is 30.9 Å². The molecule has 140 valence electrons. The lowest BCUT2D eigenvalue weighted by Crippen LogP contribution is -2.49. The number of hydrogen-bond acceptors (Lipinski definition) is 3. The topological polar surface area (TPSA) is 49.9 Å². The molecule has 27 heavy (non-hydrogen) atoms. The van der Waals surface area contributed by atoms with Crippen LogP contribution < -0.4 is 4.90 Å². The fourth-order valence-electron chi connectivity index (χ4n) is 4.11. The summed E-state index contributed by atoms with van der Waals surface area (Å²) >= 11 is 0. The largest absolute Gasteiger partial charge is 0.445 e. The van der Waals surface area contributed by atoms with Crippen LogP contribution in [0.25, 0.3) is 0 Å². The van der Waals surface area contributed by atoms with Crippen molar-refractivity contribution in [3.8, 4) is 0 Å². The molecule has 0 N–H and O–H groups in total. The summed E-state index contributed by atoms with van der Waals surface area (Å²) in [7, 11) is 0. The zero-order valence-electron chi connectivity index (χ0n) is 15.5. The number of anilines is 1. The molecule has 1 saturated heterocycles. The summed E-state index contributed by atoms with van der Waals surface area (Å²) in [4.78, 5) is 29.4. The number of ether oxygens (including phenoxy) is 1. The monoisotopic (exact) mass is 364 g/mol. The fourth-order valence-corrected chi connectivity index (χ4v) is 4.11. The molecule has 2 heterocycles. The van der Waals surface area contributed by atoms with Crippen molar-refractivity contribution in [1.82, 2.24) is 4.90 Å². The van der Waals surface area contributed by atoms with Gasteiger partial charge in [0.2, 0.25) is 5.91 Å². The third-order valence-corrected chi connectivity index (χ3v) is 5.42. The maximum Gasteiger partial charge on any atom is 0.410 e. The number of likely N-dealkylation sites (tertiary alicyclic amines) is 1. The van der Waals surface area contributed by atoms with Gasteiger partial charge >= 0.3 is 6.09 Å². The first-order chi connectivity index (χ1) is 13.1. The minimum absolute atomic E-state index is 0.00149. The van der Waals surface area contributed by atoms with Crippen molar-refractivity contribution in [3.05, 3.63) is 65.7 Å². The molecule has 2 aromatic rings. The smallest absolute Gasteiger partial charge is 0.410 e. The highest BCUT2D eigenvalue weighted by Crippen LogP contribution is 2.34. The molecule has 0 radical (unpaired) electrons. The van der Waals surface area contributed by atoms with Crippen LogP contribution in [0.3, 0.4) is 0 Å². The molecule has 0 saturated carbocycles. The second kappa shape index (κ2) is 7.43. The third-order valence-electron chi connectivity index (χ3n) is 5.42. The van der Waals surface area contributed by atoms with E-state index in [9.17, 15) is 9.59 Å². The van der Waals surface area contributed by atoms with Crippen LogP contribution in [-0.4, -0.2) is 35.5 Å². The molecule has 5 nitrogen and oxygen atoms in total. The maximum atomic E-state index is 13.3. The second-order valence-corrected chi connectivity index (χ2v) is 7.28. The summed E-state index contributed by atoms with van der Waals surface area (Å²) in [6, 6.07) is 17.3. The van der Waals surface area contributed by atoms with Gasteiger partial charge in [0.15, 0.2) is 0 Å². The average Bonchev–Trinajstić information content (AvgIpc) is 3.30. The second-order valence-electron chi connectivity index (χ2n) is 7.28. The molecule has 5 heteroatoms. The molecule has 2 aromatic carbocycles. The van der Waals surface area contributed by atoms with Gasteiger partial charge in [-0.25, -0.2) is 4.79 Å². The zero-order valence-corrected chi connectivity index (χ0v) is 15.5. The lowest BCUT2D eigenvalue weighted by molar-refractivity contribution is -0.122. The van der Waals surface area contributed by atoms with Crippen molar-refractivity contribution in [1.29, 1.82) is 0 Å². The number of nitrogens with zero attached hydrogens (tertiary/aromatic N) is 2. The van der Waals surface area contributed by atoms with E-state index in [1.54, 1.807) is 4.90 Å². The van der Waals surface area contributed by atoms with Crippen molar-refractivity contribution in [2.45, 2.75) is 44.9 Å². The molecular weight excluding hydrogens is 340 g/mol. The Balaban J connectivity index is 1.46. The summed E-state index contributed by atoms with van der Waals surface area (Å²) in [5.41, 5.74) is 3.10. The number of benzene rings is 2. The van der Waals surface area contributed by atoms with E-state index in [-0.39, 0.29) is 18.6 Å². The predicted molar refractivity (Wildman–Crippen MR) is 103 cm³/mol. The quantitative estimate of drug-likeness (QED) is 0.833. The van der Waals surface area contributed by atoms with Gasteiger partial charge in [0, 0.05) is 18.3 Å². The molecule has 0 aromatic heterocycles. The summed E-state index contributed by atoms with van der Waals surface area (Å²) in [6.45, 7) is 2.85. The Labute approximate surface area is 159 Å². The fraction of sp³-hybridized carbons (Fsp3) is 0.364. The first-order valence-corrected chi connectivity index (χ1v) is 9.53. The van der Waals surface area contributed by atoms with E-state index in [0.29, 0.717) is 13.0 Å². The predicted octanol–water partition coefficient (Wildman–Crippen LogP) is 3.77. The standard InChI is InChI=1S/C22H24N2O3/c1-16-14-18-10-5-6-11-19(18)24(16)21(25)20-12-7-13-23(20)22(26)27-15-17-8-3-2-4-9-17/h2-6,8-11,16,20H,7,12-15H2,1H3. The van der Waals surface area contributed by atoms with Crippen LogP contribution in [0, 0.1) is 0 Å². The van der Waals surface area contributed by atoms with Gasteiger partial charge in [-0.3, -0.25) is 9.69 Å². The highest BCUT2D eigenvalue weighted by Gasteiger charge is 2.41. The van der Waals surface area contributed by atoms with E-state index in [0.717, 1.165) is 24.1 Å². The zero-order chi connectivity index (χ0) is 18.8. The van der Waals surface area contributed by atoms with Crippen LogP contribution in [0.15, 0.2) is 54.6 Å². The van der Waals surface area contributed by atoms with E-state index in [4.69, 9.17) is 4.74 Å². The Hall–Kier alpha value is -2.82. The molecule has 0 spiro atoms. The number of rotatable bonds is 3. The lowest BCUT2D eigenvalue weighted by atomic mass is 10.1. The number of hydrogen-bond donors (Lipinski definition) is 0. The molecule has 2 atom stereocenters. The Kier molecular flexibility index (Phi) is 4.84. The summed E-state index contributed by atoms with van der Waals surface area (Å²) in [5, 5.41) is 0. The van der Waals surface area contributed by atoms with Crippen LogP contribution >= 0.6 is 0 Å². The van der Waals surface area contributed by atoms with Crippen molar-refractivity contribution < 1.29 is 14.3 Å². The SMILES string of the molecule is CC1Cc2ccccc2N1C(=O)C1CCCN1C(=O)OCc1ccccc1. The highest BCUT2D eigenvalue weighted by molar-refractivity contribution is 6.01. The molecule has 1 fully saturated rings. The van der Waals surface area contributed by atoms with Gasteiger partial charge in [-0.15, -0.1) is 0 Å². The van der Waals surface area contributed by atoms with E-state index in [2.05, 4.69) is 13.0 Å². The van der Waals surface area contributed by atoms with E-state index >= 15 is 0 Å². The minimum atomic E-state index is -0.443. The highest BCUT2D eigenvalue weighted by atomic mass is 16.6. The van der Waals surface area contributed by atoms with Gasteiger partial charge in [0.05, 0.1) is 0 Å². The number of carbonyl (C=O) groups is 2. The van der Waals surface area contributed by atoms with Crippen LogP contribution in [-0.2, 0) is 22.6 Å². The van der Waals surface area contributed by atoms with Crippen LogP contribution in [0.4, 0.5) is 10.5 Å². The molecule has 0 bridgehead atoms. The van der Waals surface area contributed by atoms with E-state index in [1.807, 2.05) is 53.4 Å². The number of para-hydroxylation sites is 1. The lowest BCUT2D eigenvalue weighted by Gasteiger charge is -2.30. The number of carbonyl (C=O) groups excluding carboxylic acids is 2. The first kappa shape index (κ1) is 17.6. The Morgan fingerprint density at radius 2 is 1.81 bits per heavy atom. The molecule has 0 aliphatic carbocycles. The Morgan fingerprint density at radius 3 is 2.63 bits per heavy atom. The molecule has 2 aliphatic heterocycles. The van der Waals surface area contributed by atoms with E-state index < -0.39 is 12.1 Å². The number of fused-ring (bicyclic) bond motifs is 1. The number of amides is 2. The molecule has 2 aliphatic rings. The molecule has 4 rings (SSSR count). The van der Waals surface area contributed by atoms with Gasteiger partial charge in [0.1, 0.15) is 12.6 Å².